The third kappa shape index (κ3) is 3.34. The zero-order chi connectivity index (χ0) is 21.7. The molecule has 1 fully saturated rings. The predicted molar refractivity (Wildman–Crippen MR) is 117 cm³/mol. The zero-order valence-corrected chi connectivity index (χ0v) is 18.0. The Morgan fingerprint density at radius 1 is 1.10 bits per heavy atom. The molecule has 1 unspecified atom stereocenters. The van der Waals surface area contributed by atoms with Gasteiger partial charge in [-0.25, -0.2) is 0 Å². The van der Waals surface area contributed by atoms with E-state index < -0.39 is 22.9 Å². The molecular formula is C24H29N3O3. The number of anilines is 1. The quantitative estimate of drug-likeness (QED) is 0.742. The zero-order valence-electron chi connectivity index (χ0n) is 18.0. The number of rotatable bonds is 2. The molecule has 0 aromatic heterocycles. The molecule has 1 atom stereocenters. The van der Waals surface area contributed by atoms with Gasteiger partial charge >= 0.3 is 0 Å². The van der Waals surface area contributed by atoms with Gasteiger partial charge in [-0.1, -0.05) is 37.1 Å². The molecule has 3 amide bonds. The lowest BCUT2D eigenvalue weighted by molar-refractivity contribution is -0.143. The van der Waals surface area contributed by atoms with E-state index in [1.54, 1.807) is 11.8 Å². The summed E-state index contributed by atoms with van der Waals surface area (Å²) in [6.07, 6.45) is 3.55. The van der Waals surface area contributed by atoms with Crippen molar-refractivity contribution in [1.82, 2.24) is 10.2 Å². The maximum absolute atomic E-state index is 13.9. The van der Waals surface area contributed by atoms with Crippen LogP contribution in [0.1, 0.15) is 63.7 Å². The Kier molecular flexibility index (Phi) is 4.83. The van der Waals surface area contributed by atoms with Crippen LogP contribution in [0.3, 0.4) is 0 Å². The molecular weight excluding hydrogens is 378 g/mol. The Morgan fingerprint density at radius 2 is 1.70 bits per heavy atom. The third-order valence-electron chi connectivity index (χ3n) is 6.13. The monoisotopic (exact) mass is 407 g/mol. The van der Waals surface area contributed by atoms with Crippen molar-refractivity contribution in [1.29, 1.82) is 0 Å². The number of benzene rings is 2. The summed E-state index contributed by atoms with van der Waals surface area (Å²) in [5.41, 5.74) is -1.27. The first-order chi connectivity index (χ1) is 14.1. The van der Waals surface area contributed by atoms with Gasteiger partial charge in [-0.3, -0.25) is 14.4 Å². The molecule has 0 saturated heterocycles. The highest BCUT2D eigenvalue weighted by atomic mass is 16.2. The summed E-state index contributed by atoms with van der Waals surface area (Å²) < 4.78 is 0. The molecule has 2 aliphatic rings. The highest BCUT2D eigenvalue weighted by molar-refractivity contribution is 6.22. The van der Waals surface area contributed by atoms with Crippen molar-refractivity contribution in [2.24, 2.45) is 0 Å². The van der Waals surface area contributed by atoms with E-state index in [1.165, 1.54) is 0 Å². The number of nitrogens with one attached hydrogen (secondary N) is 2. The minimum absolute atomic E-state index is 0.142. The lowest BCUT2D eigenvalue weighted by Crippen LogP contribution is -2.67. The van der Waals surface area contributed by atoms with Crippen LogP contribution in [0.2, 0.25) is 0 Å². The molecule has 4 rings (SSSR count). The summed E-state index contributed by atoms with van der Waals surface area (Å²) >= 11 is 0. The summed E-state index contributed by atoms with van der Waals surface area (Å²) in [5, 5.41) is 7.67. The molecule has 2 aromatic rings. The van der Waals surface area contributed by atoms with Crippen LogP contribution in [0, 0.1) is 0 Å². The molecule has 158 valence electrons. The Hall–Kier alpha value is -2.89. The Labute approximate surface area is 177 Å². The number of amides is 3. The fourth-order valence-electron chi connectivity index (χ4n) is 4.58. The topological polar surface area (TPSA) is 78.5 Å². The Balaban J connectivity index is 1.88. The van der Waals surface area contributed by atoms with Gasteiger partial charge < -0.3 is 15.5 Å². The Morgan fingerprint density at radius 3 is 2.30 bits per heavy atom. The number of carbonyl (C=O) groups is 3. The van der Waals surface area contributed by atoms with Gasteiger partial charge in [-0.15, -0.1) is 0 Å². The lowest BCUT2D eigenvalue weighted by atomic mass is 9.92. The standard InChI is InChI=1S/C24H29N3O3/c1-23(2,3)26-22(30)24(4)21(29)25-19-14-16-10-6-5-9-15(16)13-18(19)20(28)27(24)17-11-7-8-12-17/h5-6,9-10,13-14,17H,7-8,11-12H2,1-4H3,(H,25,29)(H,26,30). The summed E-state index contributed by atoms with van der Waals surface area (Å²) in [6.45, 7) is 7.18. The first-order valence-corrected chi connectivity index (χ1v) is 10.6. The molecule has 1 heterocycles. The number of hydrogen-bond donors (Lipinski definition) is 2. The third-order valence-corrected chi connectivity index (χ3v) is 6.13. The van der Waals surface area contributed by atoms with Crippen molar-refractivity contribution in [2.75, 3.05) is 5.32 Å². The van der Waals surface area contributed by atoms with Crippen LogP contribution >= 0.6 is 0 Å². The normalized spacial score (nSPS) is 22.6. The van der Waals surface area contributed by atoms with Crippen molar-refractivity contribution in [3.8, 4) is 0 Å². The second kappa shape index (κ2) is 7.11. The van der Waals surface area contributed by atoms with Crippen LogP contribution in [0.4, 0.5) is 5.69 Å². The summed E-state index contributed by atoms with van der Waals surface area (Å²) in [6, 6.07) is 11.2. The van der Waals surface area contributed by atoms with E-state index in [0.717, 1.165) is 36.5 Å². The molecule has 0 radical (unpaired) electrons. The predicted octanol–water partition coefficient (Wildman–Crippen LogP) is 3.85. The van der Waals surface area contributed by atoms with Crippen molar-refractivity contribution in [2.45, 2.75) is 70.5 Å². The molecule has 0 spiro atoms. The Bertz CT molecular complexity index is 1030. The van der Waals surface area contributed by atoms with Crippen molar-refractivity contribution in [3.05, 3.63) is 42.0 Å². The molecule has 1 aliphatic heterocycles. The van der Waals surface area contributed by atoms with Gasteiger partial charge in [-0.2, -0.15) is 0 Å². The van der Waals surface area contributed by atoms with Crippen LogP contribution in [-0.4, -0.2) is 39.7 Å². The van der Waals surface area contributed by atoms with E-state index in [1.807, 2.05) is 57.2 Å². The average molecular weight is 408 g/mol. The maximum Gasteiger partial charge on any atom is 0.259 e. The van der Waals surface area contributed by atoms with Crippen LogP contribution in [0.25, 0.3) is 10.8 Å². The highest BCUT2D eigenvalue weighted by Crippen LogP contribution is 2.37. The molecule has 2 N–H and O–H groups in total. The molecule has 6 heteroatoms. The van der Waals surface area contributed by atoms with Crippen LogP contribution in [0.15, 0.2) is 36.4 Å². The van der Waals surface area contributed by atoms with Crippen LogP contribution < -0.4 is 10.6 Å². The number of carbonyl (C=O) groups excluding carboxylic acids is 3. The second-order valence-electron chi connectivity index (χ2n) is 9.59. The minimum Gasteiger partial charge on any atom is -0.349 e. The molecule has 6 nitrogen and oxygen atoms in total. The van der Waals surface area contributed by atoms with Gasteiger partial charge in [0.25, 0.3) is 17.7 Å². The smallest absolute Gasteiger partial charge is 0.259 e. The van der Waals surface area contributed by atoms with E-state index in [-0.39, 0.29) is 11.9 Å². The summed E-state index contributed by atoms with van der Waals surface area (Å²) in [4.78, 5) is 42.3. The van der Waals surface area contributed by atoms with E-state index >= 15 is 0 Å². The van der Waals surface area contributed by atoms with Gasteiger partial charge in [0, 0.05) is 11.6 Å². The lowest BCUT2D eigenvalue weighted by Gasteiger charge is -2.42. The second-order valence-corrected chi connectivity index (χ2v) is 9.59. The average Bonchev–Trinajstić information content (AvgIpc) is 3.17. The van der Waals surface area contributed by atoms with Gasteiger partial charge in [0.05, 0.1) is 11.3 Å². The summed E-state index contributed by atoms with van der Waals surface area (Å²) in [5.74, 6) is -1.20. The molecule has 0 bridgehead atoms. The maximum atomic E-state index is 13.9. The molecule has 30 heavy (non-hydrogen) atoms. The number of hydrogen-bond acceptors (Lipinski definition) is 3. The van der Waals surface area contributed by atoms with Gasteiger partial charge in [0.1, 0.15) is 0 Å². The molecule has 1 saturated carbocycles. The van der Waals surface area contributed by atoms with Crippen molar-refractivity contribution < 1.29 is 14.4 Å². The fraction of sp³-hybridized carbons (Fsp3) is 0.458. The molecule has 1 aliphatic carbocycles. The van der Waals surface area contributed by atoms with Gasteiger partial charge in [0.15, 0.2) is 5.54 Å². The summed E-state index contributed by atoms with van der Waals surface area (Å²) in [7, 11) is 0. The molecule has 2 aromatic carbocycles. The fourth-order valence-corrected chi connectivity index (χ4v) is 4.58. The largest absolute Gasteiger partial charge is 0.349 e. The minimum atomic E-state index is -1.63. The number of nitrogens with zero attached hydrogens (tertiary/aromatic N) is 1. The van der Waals surface area contributed by atoms with Crippen molar-refractivity contribution >= 4 is 34.2 Å². The van der Waals surface area contributed by atoms with Crippen LogP contribution in [0.5, 0.6) is 0 Å². The number of fused-ring (bicyclic) bond motifs is 2. The van der Waals surface area contributed by atoms with E-state index in [9.17, 15) is 14.4 Å². The van der Waals surface area contributed by atoms with E-state index in [4.69, 9.17) is 0 Å². The van der Waals surface area contributed by atoms with Gasteiger partial charge in [0.2, 0.25) is 0 Å². The van der Waals surface area contributed by atoms with E-state index in [0.29, 0.717) is 11.3 Å². The van der Waals surface area contributed by atoms with Gasteiger partial charge in [-0.05, 0) is 63.4 Å². The van der Waals surface area contributed by atoms with E-state index in [2.05, 4.69) is 10.6 Å². The highest BCUT2D eigenvalue weighted by Gasteiger charge is 2.54. The van der Waals surface area contributed by atoms with Crippen molar-refractivity contribution in [3.63, 3.8) is 0 Å². The first kappa shape index (κ1) is 20.4. The van der Waals surface area contributed by atoms with Crippen LogP contribution in [-0.2, 0) is 9.59 Å². The SMILES string of the molecule is CC(C)(C)NC(=O)C1(C)C(=O)Nc2cc3ccccc3cc2C(=O)N1C1CCCC1. The first-order valence-electron chi connectivity index (χ1n) is 10.6.